The molecule has 0 aliphatic heterocycles. The third kappa shape index (κ3) is 2.40. The quantitative estimate of drug-likeness (QED) is 0.834. The van der Waals surface area contributed by atoms with Crippen LogP contribution < -0.4 is 0 Å². The Labute approximate surface area is 92.6 Å². The van der Waals surface area contributed by atoms with E-state index in [4.69, 9.17) is 0 Å². The van der Waals surface area contributed by atoms with Crippen molar-refractivity contribution in [2.24, 2.45) is 0 Å². The number of aliphatic hydroxyl groups is 1. The summed E-state index contributed by atoms with van der Waals surface area (Å²) in [6.45, 7) is 2.07. The smallest absolute Gasteiger partial charge is 0.170 e. The van der Waals surface area contributed by atoms with E-state index in [9.17, 15) is 5.11 Å². The zero-order valence-electron chi connectivity index (χ0n) is 8.40. The molecule has 0 radical (unpaired) electrons. The van der Waals surface area contributed by atoms with Gasteiger partial charge < -0.3 is 10.1 Å². The maximum atomic E-state index is 9.23. The Morgan fingerprint density at radius 2 is 2.33 bits per heavy atom. The number of imidazole rings is 1. The standard InChI is InChI=1S/C11H12N2OS/c1-8-2-3-10(9(6-8)7-14)15-11-12-4-5-13-11/h2-6,14H,7H2,1H3,(H,12,13). The highest BCUT2D eigenvalue weighted by atomic mass is 32.2. The van der Waals surface area contributed by atoms with Crippen LogP contribution in [0.1, 0.15) is 11.1 Å². The number of aromatic nitrogens is 2. The van der Waals surface area contributed by atoms with Gasteiger partial charge in [-0.3, -0.25) is 0 Å². The summed E-state index contributed by atoms with van der Waals surface area (Å²) in [7, 11) is 0. The number of nitrogens with zero attached hydrogens (tertiary/aromatic N) is 1. The van der Waals surface area contributed by atoms with Crippen molar-refractivity contribution in [1.82, 2.24) is 9.97 Å². The maximum absolute atomic E-state index is 9.23. The Balaban J connectivity index is 2.28. The highest BCUT2D eigenvalue weighted by molar-refractivity contribution is 7.99. The SMILES string of the molecule is Cc1ccc(Sc2ncc[nH]2)c(CO)c1. The van der Waals surface area contributed by atoms with Crippen molar-refractivity contribution in [3.63, 3.8) is 0 Å². The predicted molar refractivity (Wildman–Crippen MR) is 59.8 cm³/mol. The van der Waals surface area contributed by atoms with Crippen LogP contribution in [0.3, 0.4) is 0 Å². The first kappa shape index (κ1) is 10.3. The van der Waals surface area contributed by atoms with Crippen molar-refractivity contribution in [2.45, 2.75) is 23.6 Å². The first-order valence-electron chi connectivity index (χ1n) is 4.67. The lowest BCUT2D eigenvalue weighted by Gasteiger charge is -2.05. The summed E-state index contributed by atoms with van der Waals surface area (Å²) >= 11 is 1.53. The van der Waals surface area contributed by atoms with E-state index in [0.717, 1.165) is 21.2 Å². The monoisotopic (exact) mass is 220 g/mol. The van der Waals surface area contributed by atoms with Gasteiger partial charge in [0.25, 0.3) is 0 Å². The molecule has 2 N–H and O–H groups in total. The van der Waals surface area contributed by atoms with Crippen LogP contribution in [0.25, 0.3) is 0 Å². The molecule has 0 bridgehead atoms. The molecule has 4 heteroatoms. The number of aliphatic hydroxyl groups excluding tert-OH is 1. The molecular weight excluding hydrogens is 208 g/mol. The Kier molecular flexibility index (Phi) is 3.08. The lowest BCUT2D eigenvalue weighted by atomic mass is 10.1. The van der Waals surface area contributed by atoms with E-state index >= 15 is 0 Å². The normalized spacial score (nSPS) is 10.5. The van der Waals surface area contributed by atoms with Gasteiger partial charge in [-0.15, -0.1) is 0 Å². The van der Waals surface area contributed by atoms with E-state index in [2.05, 4.69) is 9.97 Å². The van der Waals surface area contributed by atoms with Gasteiger partial charge in [-0.05, 0) is 18.6 Å². The lowest BCUT2D eigenvalue weighted by molar-refractivity contribution is 0.279. The van der Waals surface area contributed by atoms with Crippen LogP contribution >= 0.6 is 11.8 Å². The molecule has 1 heterocycles. The molecule has 0 fully saturated rings. The lowest BCUT2D eigenvalue weighted by Crippen LogP contribution is -1.89. The summed E-state index contributed by atoms with van der Waals surface area (Å²) in [5.41, 5.74) is 2.10. The number of H-pyrrole nitrogens is 1. The minimum absolute atomic E-state index is 0.0602. The van der Waals surface area contributed by atoms with Crippen LogP contribution in [0.4, 0.5) is 0 Å². The number of aryl methyl sites for hydroxylation is 1. The van der Waals surface area contributed by atoms with Gasteiger partial charge in [0, 0.05) is 17.3 Å². The molecular formula is C11H12N2OS. The van der Waals surface area contributed by atoms with Gasteiger partial charge in [-0.2, -0.15) is 0 Å². The third-order valence-electron chi connectivity index (χ3n) is 2.07. The Morgan fingerprint density at radius 1 is 1.47 bits per heavy atom. The van der Waals surface area contributed by atoms with Crippen LogP contribution in [-0.4, -0.2) is 15.1 Å². The summed E-state index contributed by atoms with van der Waals surface area (Å²) in [6.07, 6.45) is 3.50. The Bertz CT molecular complexity index is 440. The van der Waals surface area contributed by atoms with Gasteiger partial charge in [-0.25, -0.2) is 4.98 Å². The zero-order chi connectivity index (χ0) is 10.7. The highest BCUT2D eigenvalue weighted by Crippen LogP contribution is 2.28. The number of benzene rings is 1. The van der Waals surface area contributed by atoms with Crippen LogP contribution in [0.5, 0.6) is 0 Å². The predicted octanol–water partition coefficient (Wildman–Crippen LogP) is 2.36. The first-order chi connectivity index (χ1) is 7.29. The van der Waals surface area contributed by atoms with Crippen molar-refractivity contribution < 1.29 is 5.11 Å². The van der Waals surface area contributed by atoms with E-state index < -0.39 is 0 Å². The number of hydrogen-bond donors (Lipinski definition) is 2. The van der Waals surface area contributed by atoms with Gasteiger partial charge in [0.05, 0.1) is 6.61 Å². The fourth-order valence-corrected chi connectivity index (χ4v) is 2.18. The fraction of sp³-hybridized carbons (Fsp3) is 0.182. The van der Waals surface area contributed by atoms with E-state index in [-0.39, 0.29) is 6.61 Å². The van der Waals surface area contributed by atoms with Crippen molar-refractivity contribution in [3.05, 3.63) is 41.7 Å². The number of nitrogens with one attached hydrogen (secondary N) is 1. The summed E-state index contributed by atoms with van der Waals surface area (Å²) < 4.78 is 0. The summed E-state index contributed by atoms with van der Waals surface area (Å²) in [6, 6.07) is 6.03. The topological polar surface area (TPSA) is 48.9 Å². The van der Waals surface area contributed by atoms with Crippen LogP contribution in [-0.2, 0) is 6.61 Å². The molecule has 0 amide bonds. The molecule has 0 unspecified atom stereocenters. The molecule has 78 valence electrons. The average Bonchev–Trinajstić information content (AvgIpc) is 2.73. The minimum atomic E-state index is 0.0602. The van der Waals surface area contributed by atoms with Gasteiger partial charge in [-0.1, -0.05) is 29.5 Å². The molecule has 0 saturated heterocycles. The van der Waals surface area contributed by atoms with Crippen molar-refractivity contribution in [1.29, 1.82) is 0 Å². The summed E-state index contributed by atoms with van der Waals surface area (Å²) in [5.74, 6) is 0. The second-order valence-electron chi connectivity index (χ2n) is 3.27. The molecule has 1 aromatic carbocycles. The molecule has 0 spiro atoms. The van der Waals surface area contributed by atoms with E-state index in [0.29, 0.717) is 0 Å². The number of rotatable bonds is 3. The average molecular weight is 220 g/mol. The number of hydrogen-bond acceptors (Lipinski definition) is 3. The van der Waals surface area contributed by atoms with Gasteiger partial charge >= 0.3 is 0 Å². The Morgan fingerprint density at radius 3 is 3.00 bits per heavy atom. The molecule has 0 aliphatic carbocycles. The van der Waals surface area contributed by atoms with Crippen molar-refractivity contribution in [3.8, 4) is 0 Å². The largest absolute Gasteiger partial charge is 0.392 e. The molecule has 0 atom stereocenters. The number of aromatic amines is 1. The van der Waals surface area contributed by atoms with Gasteiger partial charge in [0.15, 0.2) is 5.16 Å². The summed E-state index contributed by atoms with van der Waals surface area (Å²) in [4.78, 5) is 8.20. The molecule has 0 aliphatic rings. The third-order valence-corrected chi connectivity index (χ3v) is 3.10. The van der Waals surface area contributed by atoms with E-state index in [1.54, 1.807) is 12.4 Å². The second kappa shape index (κ2) is 4.51. The van der Waals surface area contributed by atoms with Crippen molar-refractivity contribution in [2.75, 3.05) is 0 Å². The molecule has 2 rings (SSSR count). The molecule has 3 nitrogen and oxygen atoms in total. The Hall–Kier alpha value is -1.26. The zero-order valence-corrected chi connectivity index (χ0v) is 9.21. The van der Waals surface area contributed by atoms with Gasteiger partial charge in [0.1, 0.15) is 0 Å². The van der Waals surface area contributed by atoms with Crippen LogP contribution in [0, 0.1) is 6.92 Å². The first-order valence-corrected chi connectivity index (χ1v) is 5.49. The fourth-order valence-electron chi connectivity index (χ4n) is 1.34. The van der Waals surface area contributed by atoms with Crippen LogP contribution in [0.2, 0.25) is 0 Å². The van der Waals surface area contributed by atoms with E-state index in [1.165, 1.54) is 11.8 Å². The van der Waals surface area contributed by atoms with Gasteiger partial charge in [0.2, 0.25) is 0 Å². The molecule has 1 aromatic heterocycles. The van der Waals surface area contributed by atoms with Crippen LogP contribution in [0.15, 0.2) is 40.6 Å². The van der Waals surface area contributed by atoms with Crippen molar-refractivity contribution >= 4 is 11.8 Å². The summed E-state index contributed by atoms with van der Waals surface area (Å²) in [5, 5.41) is 10.1. The molecule has 0 saturated carbocycles. The maximum Gasteiger partial charge on any atom is 0.170 e. The minimum Gasteiger partial charge on any atom is -0.392 e. The highest BCUT2D eigenvalue weighted by Gasteiger charge is 2.05. The molecule has 2 aromatic rings. The van der Waals surface area contributed by atoms with E-state index in [1.807, 2.05) is 25.1 Å². The molecule has 15 heavy (non-hydrogen) atoms. The second-order valence-corrected chi connectivity index (χ2v) is 4.30.